The molecule has 2 N–H and O–H groups in total. The lowest BCUT2D eigenvalue weighted by atomic mass is 10.3. The first-order valence-corrected chi connectivity index (χ1v) is 11.4. The van der Waals surface area contributed by atoms with Gasteiger partial charge in [-0.25, -0.2) is 13.9 Å². The number of carbonyl (C=O) groups excluding carboxylic acids is 1. The van der Waals surface area contributed by atoms with E-state index < -0.39 is 22.0 Å². The quantitative estimate of drug-likeness (QED) is 0.512. The fraction of sp³-hybridized carbons (Fsp3) is 0.235. The van der Waals surface area contributed by atoms with Crippen LogP contribution in [0.2, 0.25) is 0 Å². The van der Waals surface area contributed by atoms with Crippen LogP contribution in [0.25, 0.3) is 0 Å². The molecule has 1 saturated heterocycles. The van der Waals surface area contributed by atoms with Crippen LogP contribution >= 0.6 is 27.7 Å². The number of sulfonamides is 1. The van der Waals surface area contributed by atoms with Crippen molar-refractivity contribution in [2.24, 2.45) is 0 Å². The van der Waals surface area contributed by atoms with E-state index in [9.17, 15) is 13.2 Å². The van der Waals surface area contributed by atoms with Crippen LogP contribution in [-0.2, 0) is 14.8 Å². The van der Waals surface area contributed by atoms with E-state index in [1.165, 1.54) is 23.9 Å². The first kappa shape index (κ1) is 20.2. The Bertz CT molecular complexity index is 904. The van der Waals surface area contributed by atoms with Gasteiger partial charge in [-0.3, -0.25) is 10.0 Å². The number of halogens is 1. The fourth-order valence-electron chi connectivity index (χ4n) is 2.61. The average molecular weight is 473 g/mol. The van der Waals surface area contributed by atoms with Crippen LogP contribution in [0.1, 0.15) is 0 Å². The van der Waals surface area contributed by atoms with E-state index in [0.717, 1.165) is 8.78 Å². The summed E-state index contributed by atoms with van der Waals surface area (Å²) in [4.78, 5) is 11.9. The maximum atomic E-state index is 12.9. The van der Waals surface area contributed by atoms with Gasteiger partial charge in [0.1, 0.15) is 17.5 Å². The number of nitrogens with one attached hydrogen (secondary N) is 1. The molecular weight excluding hydrogens is 456 g/mol. The zero-order valence-electron chi connectivity index (χ0n) is 14.0. The van der Waals surface area contributed by atoms with E-state index in [1.807, 2.05) is 12.1 Å². The number of nitrogens with zero attached hydrogens (tertiary/aromatic N) is 1. The molecule has 27 heavy (non-hydrogen) atoms. The summed E-state index contributed by atoms with van der Waals surface area (Å²) in [5.74, 6) is 1.26. The SMILES string of the molecule is O=C(NO)[C@@H]1CSCCN1S(=O)(=O)c1ccc(Oc2ccc(Br)cc2)cc1. The molecule has 1 atom stereocenters. The number of benzene rings is 2. The largest absolute Gasteiger partial charge is 0.457 e. The van der Waals surface area contributed by atoms with Crippen molar-refractivity contribution >= 4 is 43.6 Å². The van der Waals surface area contributed by atoms with Gasteiger partial charge >= 0.3 is 0 Å². The van der Waals surface area contributed by atoms with Crippen LogP contribution in [0.15, 0.2) is 57.9 Å². The zero-order chi connectivity index (χ0) is 19.4. The van der Waals surface area contributed by atoms with Crippen molar-refractivity contribution in [2.45, 2.75) is 10.9 Å². The Hall–Kier alpha value is -1.59. The number of rotatable bonds is 5. The van der Waals surface area contributed by atoms with E-state index in [-0.39, 0.29) is 17.2 Å². The van der Waals surface area contributed by atoms with Crippen LogP contribution in [0, 0.1) is 0 Å². The molecule has 1 aliphatic rings. The lowest BCUT2D eigenvalue weighted by Crippen LogP contribution is -2.53. The van der Waals surface area contributed by atoms with E-state index in [2.05, 4.69) is 15.9 Å². The Morgan fingerprint density at radius 3 is 2.33 bits per heavy atom. The Kier molecular flexibility index (Phi) is 6.43. The third-order valence-corrected chi connectivity index (χ3v) is 7.45. The first-order valence-electron chi connectivity index (χ1n) is 7.99. The number of hydrogen-bond donors (Lipinski definition) is 2. The molecule has 0 saturated carbocycles. The molecule has 2 aromatic rings. The van der Waals surface area contributed by atoms with Gasteiger partial charge in [0.25, 0.3) is 5.91 Å². The summed E-state index contributed by atoms with van der Waals surface area (Å²) in [6, 6.07) is 12.3. The van der Waals surface area contributed by atoms with Gasteiger partial charge in [0, 0.05) is 22.5 Å². The molecule has 1 amide bonds. The number of amides is 1. The van der Waals surface area contributed by atoms with Gasteiger partial charge in [-0.2, -0.15) is 16.1 Å². The zero-order valence-corrected chi connectivity index (χ0v) is 17.3. The third-order valence-electron chi connectivity index (χ3n) is 3.97. The van der Waals surface area contributed by atoms with Crippen LogP contribution in [0.5, 0.6) is 11.5 Å². The highest BCUT2D eigenvalue weighted by molar-refractivity contribution is 9.10. The van der Waals surface area contributed by atoms with E-state index in [0.29, 0.717) is 17.3 Å². The van der Waals surface area contributed by atoms with Crippen molar-refractivity contribution in [1.29, 1.82) is 0 Å². The summed E-state index contributed by atoms with van der Waals surface area (Å²) >= 11 is 4.81. The van der Waals surface area contributed by atoms with Crippen LogP contribution in [0.4, 0.5) is 0 Å². The summed E-state index contributed by atoms with van der Waals surface area (Å²) in [5, 5.41) is 8.89. The highest BCUT2D eigenvalue weighted by Gasteiger charge is 2.37. The number of hydroxylamine groups is 1. The predicted octanol–water partition coefficient (Wildman–Crippen LogP) is 2.85. The number of hydrogen-bond acceptors (Lipinski definition) is 6. The summed E-state index contributed by atoms with van der Waals surface area (Å²) in [5.41, 5.74) is 1.55. The highest BCUT2D eigenvalue weighted by Crippen LogP contribution is 2.28. The van der Waals surface area contributed by atoms with Crippen molar-refractivity contribution in [3.05, 3.63) is 53.0 Å². The van der Waals surface area contributed by atoms with Gasteiger partial charge in [-0.05, 0) is 48.5 Å². The minimum absolute atomic E-state index is 0.0632. The molecule has 0 unspecified atom stereocenters. The standard InChI is InChI=1S/C17H17BrN2O5S2/c18-12-1-3-13(4-2-12)25-14-5-7-15(8-6-14)27(23,24)20-9-10-26-11-16(20)17(21)19-22/h1-8,16,22H,9-11H2,(H,19,21)/t16-/m0/s1. The summed E-state index contributed by atoms with van der Waals surface area (Å²) in [6.07, 6.45) is 0. The molecule has 0 spiro atoms. The topological polar surface area (TPSA) is 95.9 Å². The predicted molar refractivity (Wildman–Crippen MR) is 106 cm³/mol. The Morgan fingerprint density at radius 1 is 1.15 bits per heavy atom. The monoisotopic (exact) mass is 472 g/mol. The normalized spacial score (nSPS) is 18.1. The molecular formula is C17H17BrN2O5S2. The Labute approximate surface area is 169 Å². The molecule has 0 aromatic heterocycles. The number of ether oxygens (including phenoxy) is 1. The lowest BCUT2D eigenvalue weighted by Gasteiger charge is -2.32. The minimum Gasteiger partial charge on any atom is -0.457 e. The van der Waals surface area contributed by atoms with Gasteiger partial charge in [-0.1, -0.05) is 15.9 Å². The van der Waals surface area contributed by atoms with Gasteiger partial charge in [0.2, 0.25) is 10.0 Å². The molecule has 7 nitrogen and oxygen atoms in total. The fourth-order valence-corrected chi connectivity index (χ4v) is 5.72. The second kappa shape index (κ2) is 8.61. The lowest BCUT2D eigenvalue weighted by molar-refractivity contribution is -0.132. The highest BCUT2D eigenvalue weighted by atomic mass is 79.9. The molecule has 144 valence electrons. The molecule has 2 aromatic carbocycles. The Morgan fingerprint density at radius 2 is 1.74 bits per heavy atom. The molecule has 0 bridgehead atoms. The third kappa shape index (κ3) is 4.64. The van der Waals surface area contributed by atoms with Gasteiger partial charge in [0.05, 0.1) is 4.90 Å². The van der Waals surface area contributed by atoms with Crippen molar-refractivity contribution in [3.8, 4) is 11.5 Å². The maximum Gasteiger partial charge on any atom is 0.262 e. The van der Waals surface area contributed by atoms with Crippen molar-refractivity contribution < 1.29 is 23.2 Å². The van der Waals surface area contributed by atoms with Crippen molar-refractivity contribution in [3.63, 3.8) is 0 Å². The van der Waals surface area contributed by atoms with Crippen LogP contribution in [0.3, 0.4) is 0 Å². The van der Waals surface area contributed by atoms with E-state index >= 15 is 0 Å². The molecule has 0 aliphatic carbocycles. The van der Waals surface area contributed by atoms with Crippen LogP contribution in [-0.4, -0.2) is 47.9 Å². The second-order valence-corrected chi connectivity index (χ2v) is 9.67. The first-order chi connectivity index (χ1) is 12.9. The molecule has 3 rings (SSSR count). The van der Waals surface area contributed by atoms with Gasteiger partial charge in [0.15, 0.2) is 0 Å². The molecule has 1 heterocycles. The summed E-state index contributed by atoms with van der Waals surface area (Å²) in [7, 11) is -3.88. The molecule has 1 fully saturated rings. The van der Waals surface area contributed by atoms with E-state index in [4.69, 9.17) is 9.94 Å². The maximum absolute atomic E-state index is 12.9. The van der Waals surface area contributed by atoms with Crippen molar-refractivity contribution in [2.75, 3.05) is 18.1 Å². The van der Waals surface area contributed by atoms with Gasteiger partial charge in [-0.15, -0.1) is 0 Å². The van der Waals surface area contributed by atoms with Crippen molar-refractivity contribution in [1.82, 2.24) is 9.79 Å². The van der Waals surface area contributed by atoms with E-state index in [1.54, 1.807) is 29.7 Å². The average Bonchev–Trinajstić information content (AvgIpc) is 2.69. The number of thioether (sulfide) groups is 1. The number of carbonyl (C=O) groups is 1. The molecule has 10 heteroatoms. The molecule has 1 aliphatic heterocycles. The second-order valence-electron chi connectivity index (χ2n) is 5.71. The Balaban J connectivity index is 1.80. The van der Waals surface area contributed by atoms with Crippen LogP contribution < -0.4 is 10.2 Å². The summed E-state index contributed by atoms with van der Waals surface area (Å²) < 4.78 is 33.6. The van der Waals surface area contributed by atoms with Gasteiger partial charge < -0.3 is 4.74 Å². The molecule has 0 radical (unpaired) electrons. The minimum atomic E-state index is -3.88. The smallest absolute Gasteiger partial charge is 0.262 e. The summed E-state index contributed by atoms with van der Waals surface area (Å²) in [6.45, 7) is 0.197.